The normalized spacial score (nSPS) is 14.4. The van der Waals surface area contributed by atoms with E-state index in [2.05, 4.69) is 25.6 Å². The Morgan fingerprint density at radius 2 is 2.23 bits per heavy atom. The minimum Gasteiger partial charge on any atom is -0.481 e. The minimum atomic E-state index is 0.0139. The van der Waals surface area contributed by atoms with E-state index < -0.39 is 0 Å². The molecule has 0 radical (unpaired) electrons. The lowest BCUT2D eigenvalue weighted by Gasteiger charge is -2.27. The van der Waals surface area contributed by atoms with Crippen LogP contribution in [-0.2, 0) is 4.79 Å². The van der Waals surface area contributed by atoms with E-state index in [0.717, 1.165) is 18.1 Å². The molecule has 0 saturated carbocycles. The van der Waals surface area contributed by atoms with E-state index in [0.29, 0.717) is 24.9 Å². The van der Waals surface area contributed by atoms with Crippen LogP contribution in [0.1, 0.15) is 0 Å². The molecule has 2 aromatic rings. The molecule has 0 atom stereocenters. The van der Waals surface area contributed by atoms with Gasteiger partial charge in [0, 0.05) is 25.4 Å². The fourth-order valence-electron chi connectivity index (χ4n) is 2.13. The lowest BCUT2D eigenvalue weighted by Crippen LogP contribution is -2.48. The number of carbonyl (C=O) groups is 1. The number of anilines is 3. The third-order valence-electron chi connectivity index (χ3n) is 3.21. The highest BCUT2D eigenvalue weighted by molar-refractivity contribution is 5.82. The molecule has 0 bridgehead atoms. The van der Waals surface area contributed by atoms with Crippen LogP contribution in [0.15, 0.2) is 30.6 Å². The molecule has 1 saturated heterocycles. The van der Waals surface area contributed by atoms with Crippen molar-refractivity contribution in [2.24, 2.45) is 0 Å². The van der Waals surface area contributed by atoms with Crippen molar-refractivity contribution in [3.8, 4) is 5.88 Å². The van der Waals surface area contributed by atoms with Crippen LogP contribution in [0.5, 0.6) is 5.88 Å². The fourth-order valence-corrected chi connectivity index (χ4v) is 2.13. The summed E-state index contributed by atoms with van der Waals surface area (Å²) < 4.78 is 5.05. The number of amides is 1. The quantitative estimate of drug-likeness (QED) is 0.852. The summed E-state index contributed by atoms with van der Waals surface area (Å²) in [6.07, 6.45) is 3.30. The van der Waals surface area contributed by atoms with E-state index >= 15 is 0 Å². The first-order valence-electron chi connectivity index (χ1n) is 6.86. The van der Waals surface area contributed by atoms with Crippen LogP contribution in [0.2, 0.25) is 0 Å². The summed E-state index contributed by atoms with van der Waals surface area (Å²) in [7, 11) is 1.55. The van der Waals surface area contributed by atoms with Crippen molar-refractivity contribution in [3.63, 3.8) is 0 Å². The molecule has 8 heteroatoms. The zero-order valence-corrected chi connectivity index (χ0v) is 12.1. The fraction of sp³-hybridized carbons (Fsp3) is 0.286. The van der Waals surface area contributed by atoms with Gasteiger partial charge >= 0.3 is 0 Å². The van der Waals surface area contributed by atoms with Crippen molar-refractivity contribution in [2.75, 3.05) is 37.0 Å². The summed E-state index contributed by atoms with van der Waals surface area (Å²) in [5.41, 5.74) is 0.762. The maximum absolute atomic E-state index is 11.4. The molecule has 0 unspecified atom stereocenters. The van der Waals surface area contributed by atoms with E-state index in [-0.39, 0.29) is 5.91 Å². The van der Waals surface area contributed by atoms with Crippen LogP contribution in [-0.4, -0.2) is 47.6 Å². The zero-order chi connectivity index (χ0) is 15.4. The Kier molecular flexibility index (Phi) is 3.99. The van der Waals surface area contributed by atoms with Crippen LogP contribution in [0.3, 0.4) is 0 Å². The van der Waals surface area contributed by atoms with Gasteiger partial charge < -0.3 is 20.3 Å². The number of piperazine rings is 1. The average molecular weight is 300 g/mol. The number of carbonyl (C=O) groups excluding carboxylic acids is 1. The van der Waals surface area contributed by atoms with Crippen LogP contribution in [0.4, 0.5) is 17.5 Å². The number of methoxy groups -OCH3 is 1. The average Bonchev–Trinajstić information content (AvgIpc) is 2.56. The van der Waals surface area contributed by atoms with Gasteiger partial charge in [-0.05, 0) is 12.1 Å². The maximum Gasteiger partial charge on any atom is 0.239 e. The van der Waals surface area contributed by atoms with Gasteiger partial charge in [0.15, 0.2) is 0 Å². The summed E-state index contributed by atoms with van der Waals surface area (Å²) in [5, 5.41) is 5.84. The molecule has 0 spiro atoms. The van der Waals surface area contributed by atoms with Crippen LogP contribution >= 0.6 is 0 Å². The molecular formula is C14H16N6O2. The predicted octanol–water partition coefficient (Wildman–Crippen LogP) is 0.560. The first kappa shape index (κ1) is 14.1. The third-order valence-corrected chi connectivity index (χ3v) is 3.21. The van der Waals surface area contributed by atoms with Gasteiger partial charge in [-0.25, -0.2) is 9.97 Å². The van der Waals surface area contributed by atoms with Crippen LogP contribution in [0.25, 0.3) is 0 Å². The number of hydrogen-bond acceptors (Lipinski definition) is 7. The van der Waals surface area contributed by atoms with Crippen molar-refractivity contribution in [1.29, 1.82) is 0 Å². The number of rotatable bonds is 4. The van der Waals surface area contributed by atoms with E-state index in [1.165, 1.54) is 0 Å². The molecule has 3 rings (SSSR count). The monoisotopic (exact) mass is 300 g/mol. The summed E-state index contributed by atoms with van der Waals surface area (Å²) in [6, 6.07) is 5.41. The summed E-state index contributed by atoms with van der Waals surface area (Å²) in [5.74, 6) is 1.71. The second kappa shape index (κ2) is 6.25. The lowest BCUT2D eigenvalue weighted by molar-refractivity contribution is -0.120. The molecular weight excluding hydrogens is 284 g/mol. The predicted molar refractivity (Wildman–Crippen MR) is 81.3 cm³/mol. The molecule has 3 heterocycles. The molecule has 1 fully saturated rings. The SMILES string of the molecule is COc1ccnc(Nc2ccc(N3CCNC(=O)C3)nc2)n1. The molecule has 2 aromatic heterocycles. The molecule has 0 aromatic carbocycles. The van der Waals surface area contributed by atoms with E-state index in [4.69, 9.17) is 4.74 Å². The highest BCUT2D eigenvalue weighted by Gasteiger charge is 2.17. The van der Waals surface area contributed by atoms with Gasteiger partial charge in [-0.3, -0.25) is 4.79 Å². The van der Waals surface area contributed by atoms with E-state index in [1.807, 2.05) is 17.0 Å². The van der Waals surface area contributed by atoms with Gasteiger partial charge in [0.1, 0.15) is 5.82 Å². The number of ether oxygens (including phenoxy) is 1. The van der Waals surface area contributed by atoms with Gasteiger partial charge in [-0.15, -0.1) is 0 Å². The Morgan fingerprint density at radius 1 is 1.32 bits per heavy atom. The van der Waals surface area contributed by atoms with Crippen molar-refractivity contribution < 1.29 is 9.53 Å². The number of aromatic nitrogens is 3. The molecule has 114 valence electrons. The number of hydrogen-bond donors (Lipinski definition) is 2. The molecule has 2 N–H and O–H groups in total. The van der Waals surface area contributed by atoms with Crippen molar-refractivity contribution in [1.82, 2.24) is 20.3 Å². The Hall–Kier alpha value is -2.90. The van der Waals surface area contributed by atoms with E-state index in [9.17, 15) is 4.79 Å². The topological polar surface area (TPSA) is 92.3 Å². The van der Waals surface area contributed by atoms with Crippen molar-refractivity contribution >= 4 is 23.4 Å². The maximum atomic E-state index is 11.4. The van der Waals surface area contributed by atoms with Gasteiger partial charge in [-0.1, -0.05) is 0 Å². The van der Waals surface area contributed by atoms with Gasteiger partial charge in [0.25, 0.3) is 0 Å². The Morgan fingerprint density at radius 3 is 2.95 bits per heavy atom. The summed E-state index contributed by atoms with van der Waals surface area (Å²) in [4.78, 5) is 26.0. The lowest BCUT2D eigenvalue weighted by atomic mass is 10.3. The number of nitrogens with one attached hydrogen (secondary N) is 2. The molecule has 8 nitrogen and oxygen atoms in total. The molecule has 22 heavy (non-hydrogen) atoms. The van der Waals surface area contributed by atoms with Crippen molar-refractivity contribution in [2.45, 2.75) is 0 Å². The summed E-state index contributed by atoms with van der Waals surface area (Å²) in [6.45, 7) is 1.72. The first-order valence-corrected chi connectivity index (χ1v) is 6.86. The van der Waals surface area contributed by atoms with Gasteiger partial charge in [0.2, 0.25) is 17.7 Å². The minimum absolute atomic E-state index is 0.0139. The zero-order valence-electron chi connectivity index (χ0n) is 12.1. The van der Waals surface area contributed by atoms with Gasteiger partial charge in [0.05, 0.1) is 25.5 Å². The largest absolute Gasteiger partial charge is 0.481 e. The molecule has 1 aliphatic rings. The molecule has 1 aliphatic heterocycles. The highest BCUT2D eigenvalue weighted by atomic mass is 16.5. The van der Waals surface area contributed by atoms with E-state index in [1.54, 1.807) is 25.6 Å². The van der Waals surface area contributed by atoms with Crippen LogP contribution in [0, 0.1) is 0 Å². The standard InChI is InChI=1S/C14H16N6O2/c1-22-13-4-5-16-14(19-13)18-10-2-3-11(17-8-10)20-7-6-15-12(21)9-20/h2-5,8H,6-7,9H2,1H3,(H,15,21)(H,16,18,19). The Bertz CT molecular complexity index is 661. The van der Waals surface area contributed by atoms with Gasteiger partial charge in [-0.2, -0.15) is 4.98 Å². The Labute approximate surface area is 127 Å². The Balaban J connectivity index is 1.69. The number of pyridine rings is 1. The molecule has 1 amide bonds. The number of nitrogens with zero attached hydrogens (tertiary/aromatic N) is 4. The summed E-state index contributed by atoms with van der Waals surface area (Å²) >= 11 is 0. The molecule has 0 aliphatic carbocycles. The second-order valence-electron chi connectivity index (χ2n) is 4.72. The smallest absolute Gasteiger partial charge is 0.239 e. The second-order valence-corrected chi connectivity index (χ2v) is 4.72. The highest BCUT2D eigenvalue weighted by Crippen LogP contribution is 2.18. The first-order chi connectivity index (χ1) is 10.7. The van der Waals surface area contributed by atoms with Crippen molar-refractivity contribution in [3.05, 3.63) is 30.6 Å². The van der Waals surface area contributed by atoms with Crippen LogP contribution < -0.4 is 20.3 Å². The third kappa shape index (κ3) is 3.22.